The number of hydrogen-bond donors (Lipinski definition) is 0. The van der Waals surface area contributed by atoms with Gasteiger partial charge in [0.1, 0.15) is 0 Å². The molecule has 0 aliphatic heterocycles. The van der Waals surface area contributed by atoms with Crippen molar-refractivity contribution in [3.05, 3.63) is 0 Å². The topological polar surface area (TPSA) is 0 Å². The van der Waals surface area contributed by atoms with Crippen molar-refractivity contribution in [3.63, 3.8) is 0 Å². The molecular weight excluding hydrogens is 144 g/mol. The van der Waals surface area contributed by atoms with Gasteiger partial charge in [-0.15, -0.1) is 0 Å². The normalized spacial score (nSPS) is 12.8. The summed E-state index contributed by atoms with van der Waals surface area (Å²) in [5.74, 6) is 0. The molecule has 0 saturated carbocycles. The molecule has 44 valence electrons. The summed E-state index contributed by atoms with van der Waals surface area (Å²) in [6.45, 7) is 9.17. The summed E-state index contributed by atoms with van der Waals surface area (Å²) in [5, 5.41) is 0.546. The van der Waals surface area contributed by atoms with Gasteiger partial charge in [-0.25, -0.2) is 0 Å². The third-order valence-corrected chi connectivity index (χ3v) is 6.19. The van der Waals surface area contributed by atoms with E-state index in [4.69, 9.17) is 0 Å². The molecule has 0 atom stereocenters. The van der Waals surface area contributed by atoms with Crippen LogP contribution >= 0.6 is 0 Å². The zero-order valence-electron chi connectivity index (χ0n) is 6.00. The molecule has 8 heavy (non-hydrogen) atoms. The van der Waals surface area contributed by atoms with E-state index in [1.165, 1.54) is 0 Å². The van der Waals surface area contributed by atoms with Gasteiger partial charge in [0.05, 0.1) is 0 Å². The highest BCUT2D eigenvalue weighted by Gasteiger charge is 2.13. The first kappa shape index (κ1) is 8.65. The average Bonchev–Trinajstić information content (AvgIpc) is 1.21. The van der Waals surface area contributed by atoms with Crippen LogP contribution in [0.4, 0.5) is 0 Å². The largest absolute Gasteiger partial charge is 0.0761 e. The summed E-state index contributed by atoms with van der Waals surface area (Å²) in [6, 6.07) is 0. The molecule has 0 amide bonds. The van der Waals surface area contributed by atoms with Crippen LogP contribution in [-0.4, -0.2) is 26.6 Å². The van der Waals surface area contributed by atoms with Crippen molar-refractivity contribution in [2.45, 2.75) is 32.4 Å². The molecule has 0 aliphatic carbocycles. The van der Waals surface area contributed by atoms with Gasteiger partial charge < -0.3 is 0 Å². The van der Waals surface area contributed by atoms with Crippen molar-refractivity contribution in [2.75, 3.05) is 0 Å². The van der Waals surface area contributed by atoms with Crippen molar-refractivity contribution < 1.29 is 0 Å². The first-order chi connectivity index (χ1) is 3.42. The third-order valence-electron chi connectivity index (χ3n) is 0.562. The minimum absolute atomic E-state index is 0.159. The van der Waals surface area contributed by atoms with E-state index in [9.17, 15) is 0 Å². The Kier molecular flexibility index (Phi) is 3.23. The van der Waals surface area contributed by atoms with Gasteiger partial charge in [0.25, 0.3) is 0 Å². The standard InChI is InChI=1S/C5H12Si3/c1-5(2,3)7-8(4)6/h1-4H3. The molecule has 0 aromatic rings. The zero-order chi connectivity index (χ0) is 6.78. The Morgan fingerprint density at radius 1 is 1.38 bits per heavy atom. The summed E-state index contributed by atoms with van der Waals surface area (Å²) in [6.07, 6.45) is 0. The summed E-state index contributed by atoms with van der Waals surface area (Å²) in [5.41, 5.74) is 0. The van der Waals surface area contributed by atoms with Crippen molar-refractivity contribution in [2.24, 2.45) is 0 Å². The molecule has 0 heterocycles. The van der Waals surface area contributed by atoms with Crippen LogP contribution in [0.3, 0.4) is 0 Å². The lowest BCUT2D eigenvalue weighted by molar-refractivity contribution is 0.762. The van der Waals surface area contributed by atoms with E-state index in [1.54, 1.807) is 0 Å². The van der Waals surface area contributed by atoms with Gasteiger partial charge in [-0.1, -0.05) is 27.3 Å². The lowest BCUT2D eigenvalue weighted by atomic mass is 10.3. The van der Waals surface area contributed by atoms with E-state index >= 15 is 0 Å². The molecule has 0 spiro atoms. The van der Waals surface area contributed by atoms with Gasteiger partial charge in [0, 0.05) is 26.6 Å². The Hall–Kier alpha value is 0.651. The van der Waals surface area contributed by atoms with Gasteiger partial charge in [0.2, 0.25) is 0 Å². The van der Waals surface area contributed by atoms with E-state index in [1.807, 2.05) is 0 Å². The van der Waals surface area contributed by atoms with Crippen LogP contribution in [0.25, 0.3) is 0 Å². The Morgan fingerprint density at radius 2 is 1.75 bits per heavy atom. The minimum Gasteiger partial charge on any atom is -0.0761 e. The molecule has 0 aromatic carbocycles. The molecule has 3 heteroatoms. The predicted octanol–water partition coefficient (Wildman–Crippen LogP) is 1.20. The third kappa shape index (κ3) is 6.65. The molecule has 0 fully saturated rings. The molecule has 0 aliphatic rings. The molecule has 6 radical (unpaired) electrons. The molecule has 0 rings (SSSR count). The van der Waals surface area contributed by atoms with Crippen LogP contribution in [0, 0.1) is 0 Å². The van der Waals surface area contributed by atoms with Crippen molar-refractivity contribution in [1.29, 1.82) is 0 Å². The first-order valence-electron chi connectivity index (χ1n) is 2.75. The maximum atomic E-state index is 3.67. The predicted molar refractivity (Wildman–Crippen MR) is 42.8 cm³/mol. The van der Waals surface area contributed by atoms with E-state index < -0.39 is 0 Å². The van der Waals surface area contributed by atoms with Crippen molar-refractivity contribution >= 4 is 26.6 Å². The van der Waals surface area contributed by atoms with Gasteiger partial charge in [0.15, 0.2) is 0 Å². The van der Waals surface area contributed by atoms with Crippen molar-refractivity contribution in [1.82, 2.24) is 0 Å². The fourth-order valence-corrected chi connectivity index (χ4v) is 8.44. The maximum absolute atomic E-state index is 3.67. The van der Waals surface area contributed by atoms with E-state index in [0.29, 0.717) is 5.04 Å². The fraction of sp³-hybridized carbons (Fsp3) is 1.00. The van der Waals surface area contributed by atoms with Crippen LogP contribution in [0.15, 0.2) is 0 Å². The minimum atomic E-state index is -0.159. The molecule has 0 N–H and O–H groups in total. The monoisotopic (exact) mass is 156 g/mol. The smallest absolute Gasteiger partial charge is 0.0289 e. The van der Waals surface area contributed by atoms with Gasteiger partial charge in [-0.3, -0.25) is 0 Å². The van der Waals surface area contributed by atoms with E-state index in [2.05, 4.69) is 37.1 Å². The molecule has 0 aromatic heterocycles. The first-order valence-corrected chi connectivity index (χ1v) is 8.25. The fourth-order valence-electron chi connectivity index (χ4n) is 0.562. The number of hydrogen-bond acceptors (Lipinski definition) is 0. The molecule has 0 unspecified atom stereocenters. The second-order valence-electron chi connectivity index (χ2n) is 3.00. The van der Waals surface area contributed by atoms with Gasteiger partial charge >= 0.3 is 0 Å². The van der Waals surface area contributed by atoms with Crippen LogP contribution < -0.4 is 0 Å². The quantitative estimate of drug-likeness (QED) is 0.501. The molecule has 0 bridgehead atoms. The number of rotatable bonds is 1. The van der Waals surface area contributed by atoms with E-state index in [-0.39, 0.29) is 7.83 Å². The second-order valence-corrected chi connectivity index (χ2v) is 12.8. The highest BCUT2D eigenvalue weighted by atomic mass is 29.5. The van der Waals surface area contributed by atoms with Crippen LogP contribution in [-0.2, 0) is 0 Å². The Labute approximate surface area is 59.5 Å². The molecular formula is C5H12Si3. The van der Waals surface area contributed by atoms with E-state index in [0.717, 1.165) is 9.04 Å². The van der Waals surface area contributed by atoms with Crippen molar-refractivity contribution in [3.8, 4) is 0 Å². The Morgan fingerprint density at radius 3 is 1.75 bits per heavy atom. The van der Waals surface area contributed by atoms with Crippen LogP contribution in [0.5, 0.6) is 0 Å². The van der Waals surface area contributed by atoms with Gasteiger partial charge in [-0.05, 0) is 5.04 Å². The average molecular weight is 156 g/mol. The van der Waals surface area contributed by atoms with Gasteiger partial charge in [-0.2, -0.15) is 0 Å². The zero-order valence-corrected chi connectivity index (χ0v) is 9.00. The van der Waals surface area contributed by atoms with Crippen LogP contribution in [0.1, 0.15) is 20.8 Å². The molecule has 0 nitrogen and oxygen atoms in total. The maximum Gasteiger partial charge on any atom is 0.0289 e. The lowest BCUT2D eigenvalue weighted by Gasteiger charge is -2.18. The Balaban J connectivity index is 3.39. The summed E-state index contributed by atoms with van der Waals surface area (Å²) in [4.78, 5) is 0. The highest BCUT2D eigenvalue weighted by Crippen LogP contribution is 2.19. The summed E-state index contributed by atoms with van der Waals surface area (Å²) in [7, 11) is 4.63. The summed E-state index contributed by atoms with van der Waals surface area (Å²) >= 11 is 0. The second kappa shape index (κ2) is 2.98. The molecule has 0 saturated heterocycles. The van der Waals surface area contributed by atoms with Crippen LogP contribution in [0.2, 0.25) is 11.6 Å². The SMILES string of the molecule is C[Si]([Si])[Si]C(C)(C)C. The Bertz CT molecular complexity index is 62.6. The summed E-state index contributed by atoms with van der Waals surface area (Å²) < 4.78 is 0. The lowest BCUT2D eigenvalue weighted by Crippen LogP contribution is -2.26. The highest BCUT2D eigenvalue weighted by molar-refractivity contribution is 7.34.